The minimum atomic E-state index is -0.371. The Labute approximate surface area is 145 Å². The molecule has 0 atom stereocenters. The van der Waals surface area contributed by atoms with Gasteiger partial charge in [-0.3, -0.25) is 5.10 Å². The van der Waals surface area contributed by atoms with Gasteiger partial charge >= 0.3 is 5.97 Å². The van der Waals surface area contributed by atoms with Crippen molar-refractivity contribution in [3.8, 4) is 28.3 Å². The molecule has 0 aliphatic heterocycles. The van der Waals surface area contributed by atoms with E-state index in [2.05, 4.69) is 28.4 Å². The number of carbonyl (C=O) groups excluding carboxylic acids is 1. The van der Waals surface area contributed by atoms with Crippen molar-refractivity contribution < 1.29 is 14.3 Å². The lowest BCUT2D eigenvalue weighted by Crippen LogP contribution is -2.14. The molecule has 25 heavy (non-hydrogen) atoms. The number of benzene rings is 2. The molecular formula is C20H18N2O3. The molecule has 0 amide bonds. The van der Waals surface area contributed by atoms with Gasteiger partial charge < -0.3 is 9.47 Å². The summed E-state index contributed by atoms with van der Waals surface area (Å²) in [4.78, 5) is 11.4. The third kappa shape index (κ3) is 2.89. The number of ether oxygens (including phenoxy) is 2. The van der Waals surface area contributed by atoms with E-state index >= 15 is 0 Å². The first kappa shape index (κ1) is 15.4. The molecule has 0 spiro atoms. The molecule has 1 aliphatic rings. The molecule has 1 N–H and O–H groups in total. The Kier molecular flexibility index (Phi) is 3.98. The van der Waals surface area contributed by atoms with E-state index in [9.17, 15) is 4.79 Å². The molecular weight excluding hydrogens is 316 g/mol. The number of nitrogens with zero attached hydrogens (tertiary/aromatic N) is 1. The van der Waals surface area contributed by atoms with Crippen molar-refractivity contribution in [2.75, 3.05) is 13.2 Å². The Balaban J connectivity index is 1.59. The number of fused-ring (bicyclic) bond motifs is 3. The zero-order valence-electron chi connectivity index (χ0n) is 13.9. The average molecular weight is 334 g/mol. The first-order chi connectivity index (χ1) is 12.3. The molecule has 0 fully saturated rings. The lowest BCUT2D eigenvalue weighted by atomic mass is 10.1. The Morgan fingerprint density at radius 2 is 2.08 bits per heavy atom. The fraction of sp³-hybridized carbons (Fsp3) is 0.200. The maximum atomic E-state index is 11.4. The molecule has 0 unspecified atom stereocenters. The van der Waals surface area contributed by atoms with Crippen molar-refractivity contribution in [2.24, 2.45) is 0 Å². The predicted molar refractivity (Wildman–Crippen MR) is 94.4 cm³/mol. The number of aromatic nitrogens is 2. The Bertz CT molecular complexity index is 930. The van der Waals surface area contributed by atoms with Crippen LogP contribution in [0.25, 0.3) is 22.5 Å². The van der Waals surface area contributed by atoms with Gasteiger partial charge in [-0.1, -0.05) is 36.4 Å². The van der Waals surface area contributed by atoms with Gasteiger partial charge in [-0.15, -0.1) is 0 Å². The van der Waals surface area contributed by atoms with Gasteiger partial charge in [-0.05, 0) is 24.6 Å². The number of carbonyl (C=O) groups is 1. The minimum Gasteiger partial charge on any atom is -0.482 e. The van der Waals surface area contributed by atoms with Crippen LogP contribution in [0.3, 0.4) is 0 Å². The number of esters is 1. The van der Waals surface area contributed by atoms with Crippen LogP contribution in [-0.4, -0.2) is 29.4 Å². The highest BCUT2D eigenvalue weighted by atomic mass is 16.6. The van der Waals surface area contributed by atoms with Gasteiger partial charge in [0.05, 0.1) is 18.0 Å². The molecule has 5 heteroatoms. The highest BCUT2D eigenvalue weighted by molar-refractivity contribution is 5.81. The zero-order valence-corrected chi connectivity index (χ0v) is 13.9. The molecule has 4 rings (SSSR count). The molecule has 126 valence electrons. The highest BCUT2D eigenvalue weighted by Gasteiger charge is 2.24. The van der Waals surface area contributed by atoms with Gasteiger partial charge in [0.2, 0.25) is 0 Å². The summed E-state index contributed by atoms with van der Waals surface area (Å²) in [6.45, 7) is 2.03. The smallest absolute Gasteiger partial charge is 0.344 e. The van der Waals surface area contributed by atoms with Gasteiger partial charge in [-0.25, -0.2) is 4.79 Å². The van der Waals surface area contributed by atoms with E-state index in [0.29, 0.717) is 12.4 Å². The van der Waals surface area contributed by atoms with E-state index in [0.717, 1.165) is 23.4 Å². The van der Waals surface area contributed by atoms with Crippen LogP contribution in [0.4, 0.5) is 0 Å². The third-order valence-corrected chi connectivity index (χ3v) is 4.29. The summed E-state index contributed by atoms with van der Waals surface area (Å²) in [7, 11) is 0. The second-order valence-corrected chi connectivity index (χ2v) is 5.88. The van der Waals surface area contributed by atoms with Crippen LogP contribution < -0.4 is 4.74 Å². The summed E-state index contributed by atoms with van der Waals surface area (Å²) in [6, 6.07) is 16.0. The quantitative estimate of drug-likeness (QED) is 0.567. The summed E-state index contributed by atoms with van der Waals surface area (Å²) >= 11 is 0. The lowest BCUT2D eigenvalue weighted by molar-refractivity contribution is -0.145. The number of hydrogen-bond acceptors (Lipinski definition) is 4. The van der Waals surface area contributed by atoms with Crippen LogP contribution in [-0.2, 0) is 16.0 Å². The normalized spacial score (nSPS) is 11.7. The van der Waals surface area contributed by atoms with E-state index < -0.39 is 0 Å². The zero-order chi connectivity index (χ0) is 17.2. The molecule has 1 aliphatic carbocycles. The van der Waals surface area contributed by atoms with Crippen molar-refractivity contribution in [3.63, 3.8) is 0 Å². The summed E-state index contributed by atoms with van der Waals surface area (Å²) in [5.41, 5.74) is 6.69. The van der Waals surface area contributed by atoms with Crippen molar-refractivity contribution in [3.05, 3.63) is 59.7 Å². The number of rotatable bonds is 5. The monoisotopic (exact) mass is 334 g/mol. The van der Waals surface area contributed by atoms with Crippen LogP contribution in [0.2, 0.25) is 0 Å². The SMILES string of the molecule is CCOC(=O)COc1cccc(-c2n[nH]c3c2Cc2ccccc2-3)c1. The van der Waals surface area contributed by atoms with Crippen molar-refractivity contribution in [1.82, 2.24) is 10.2 Å². The Morgan fingerprint density at radius 3 is 2.96 bits per heavy atom. The molecule has 0 saturated heterocycles. The van der Waals surface area contributed by atoms with Crippen LogP contribution in [0.5, 0.6) is 5.75 Å². The largest absolute Gasteiger partial charge is 0.482 e. The fourth-order valence-electron chi connectivity index (χ4n) is 3.19. The van der Waals surface area contributed by atoms with Crippen molar-refractivity contribution in [2.45, 2.75) is 13.3 Å². The summed E-state index contributed by atoms with van der Waals surface area (Å²) in [5, 5.41) is 7.66. The topological polar surface area (TPSA) is 64.2 Å². The lowest BCUT2D eigenvalue weighted by Gasteiger charge is -2.07. The van der Waals surface area contributed by atoms with Crippen molar-refractivity contribution >= 4 is 5.97 Å². The molecule has 3 aromatic rings. The number of aromatic amines is 1. The first-order valence-corrected chi connectivity index (χ1v) is 8.30. The highest BCUT2D eigenvalue weighted by Crippen LogP contribution is 2.40. The van der Waals surface area contributed by atoms with Crippen LogP contribution in [0.1, 0.15) is 18.1 Å². The second kappa shape index (κ2) is 6.43. The van der Waals surface area contributed by atoms with Gasteiger partial charge in [-0.2, -0.15) is 5.10 Å². The number of H-pyrrole nitrogens is 1. The fourth-order valence-corrected chi connectivity index (χ4v) is 3.19. The number of hydrogen-bond donors (Lipinski definition) is 1. The Hall–Kier alpha value is -3.08. The standard InChI is InChI=1S/C20H18N2O3/c1-2-24-18(23)12-25-15-8-5-7-14(10-15)19-17-11-13-6-3-4-9-16(13)20(17)22-21-19/h3-10H,2,11-12H2,1H3,(H,21,22). The summed E-state index contributed by atoms with van der Waals surface area (Å²) in [6.07, 6.45) is 0.866. The maximum Gasteiger partial charge on any atom is 0.344 e. The van der Waals surface area contributed by atoms with Crippen LogP contribution in [0, 0.1) is 0 Å². The first-order valence-electron chi connectivity index (χ1n) is 8.30. The molecule has 1 aromatic heterocycles. The molecule has 1 heterocycles. The second-order valence-electron chi connectivity index (χ2n) is 5.88. The van der Waals surface area contributed by atoms with Gasteiger partial charge in [0.25, 0.3) is 0 Å². The van der Waals surface area contributed by atoms with E-state index in [4.69, 9.17) is 9.47 Å². The van der Waals surface area contributed by atoms with Crippen molar-refractivity contribution in [1.29, 1.82) is 0 Å². The maximum absolute atomic E-state index is 11.4. The minimum absolute atomic E-state index is 0.0958. The van der Waals surface area contributed by atoms with E-state index in [1.54, 1.807) is 6.92 Å². The molecule has 5 nitrogen and oxygen atoms in total. The summed E-state index contributed by atoms with van der Waals surface area (Å²) < 4.78 is 10.4. The molecule has 2 aromatic carbocycles. The van der Waals surface area contributed by atoms with E-state index in [1.807, 2.05) is 30.3 Å². The van der Waals surface area contributed by atoms with E-state index in [-0.39, 0.29) is 12.6 Å². The van der Waals surface area contributed by atoms with Crippen LogP contribution >= 0.6 is 0 Å². The molecule has 0 saturated carbocycles. The average Bonchev–Trinajstić information content (AvgIpc) is 3.19. The van der Waals surface area contributed by atoms with Gasteiger partial charge in [0, 0.05) is 23.1 Å². The molecule has 0 radical (unpaired) electrons. The van der Waals surface area contributed by atoms with E-state index in [1.165, 1.54) is 16.7 Å². The predicted octanol–water partition coefficient (Wildman–Crippen LogP) is 3.59. The van der Waals surface area contributed by atoms with Gasteiger partial charge in [0.15, 0.2) is 6.61 Å². The van der Waals surface area contributed by atoms with Crippen LogP contribution in [0.15, 0.2) is 48.5 Å². The molecule has 0 bridgehead atoms. The Morgan fingerprint density at radius 1 is 1.20 bits per heavy atom. The third-order valence-electron chi connectivity index (χ3n) is 4.29. The number of nitrogens with one attached hydrogen (secondary N) is 1. The summed E-state index contributed by atoms with van der Waals surface area (Å²) in [5.74, 6) is 0.252. The van der Waals surface area contributed by atoms with Gasteiger partial charge in [0.1, 0.15) is 5.75 Å².